The monoisotopic (exact) mass is 804 g/mol. The van der Waals surface area contributed by atoms with Crippen molar-refractivity contribution in [3.05, 3.63) is 168 Å². The number of alkyl halides is 6. The van der Waals surface area contributed by atoms with Crippen LogP contribution in [0.25, 0.3) is 99.8 Å². The summed E-state index contributed by atoms with van der Waals surface area (Å²) in [6.07, 6.45) is -6.52. The predicted molar refractivity (Wildman–Crippen MR) is 223 cm³/mol. The zero-order valence-corrected chi connectivity index (χ0v) is 31.8. The Morgan fingerprint density at radius 2 is 0.767 bits per heavy atom. The Bertz CT molecular complexity index is 3250. The van der Waals surface area contributed by atoms with E-state index in [-0.39, 0.29) is 17.2 Å². The number of rotatable bonds is 5. The second-order valence-electron chi connectivity index (χ2n) is 15.0. The average molecular weight is 805 g/mol. The van der Waals surface area contributed by atoms with Gasteiger partial charge in [-0.25, -0.2) is 0 Å². The van der Waals surface area contributed by atoms with Crippen LogP contribution in [0, 0.1) is 13.8 Å². The fraction of sp³-hybridized carbons (Fsp3) is 0.0800. The van der Waals surface area contributed by atoms with Gasteiger partial charge in [0.25, 0.3) is 0 Å². The Morgan fingerprint density at radius 1 is 0.383 bits per heavy atom. The van der Waals surface area contributed by atoms with Gasteiger partial charge in [-0.1, -0.05) is 90.0 Å². The lowest BCUT2D eigenvalue weighted by Crippen LogP contribution is -2.11. The summed E-state index contributed by atoms with van der Waals surface area (Å²) in [6.45, 7) is 4.20. The number of aromatic nitrogens is 2. The number of halogens is 6. The van der Waals surface area contributed by atoms with Crippen LogP contribution < -0.4 is 0 Å². The summed E-state index contributed by atoms with van der Waals surface area (Å²) in [5.41, 5.74) is 10.9. The fourth-order valence-corrected chi connectivity index (χ4v) is 8.08. The Kier molecular flexibility index (Phi) is 8.47. The van der Waals surface area contributed by atoms with Crippen molar-refractivity contribution in [1.29, 1.82) is 0 Å². The minimum atomic E-state index is -4.96. The first-order valence-corrected chi connectivity index (χ1v) is 19.0. The van der Waals surface area contributed by atoms with Gasteiger partial charge in [-0.2, -0.15) is 26.3 Å². The first-order chi connectivity index (χ1) is 28.8. The fourth-order valence-electron chi connectivity index (χ4n) is 8.08. The van der Waals surface area contributed by atoms with E-state index in [9.17, 15) is 26.3 Å². The Balaban J connectivity index is 0.944. The first kappa shape index (κ1) is 37.1. The third-order valence-corrected chi connectivity index (χ3v) is 10.9. The summed E-state index contributed by atoms with van der Waals surface area (Å²) in [4.78, 5) is 9.21. The number of nitrogens with zero attached hydrogens (tertiary/aromatic N) is 2. The van der Waals surface area contributed by atoms with Crippen molar-refractivity contribution in [3.63, 3.8) is 0 Å². The molecule has 4 nitrogen and oxygen atoms in total. The van der Waals surface area contributed by atoms with Crippen LogP contribution in [0.15, 0.2) is 155 Å². The van der Waals surface area contributed by atoms with Crippen molar-refractivity contribution < 1.29 is 35.2 Å². The van der Waals surface area contributed by atoms with Gasteiger partial charge in [0.2, 0.25) is 0 Å². The molecule has 0 radical (unpaired) electrons. The van der Waals surface area contributed by atoms with E-state index in [2.05, 4.69) is 73.4 Å². The molecular weight excluding hydrogens is 775 g/mol. The molecule has 0 atom stereocenters. The van der Waals surface area contributed by atoms with Crippen molar-refractivity contribution >= 4 is 44.1 Å². The summed E-state index contributed by atoms with van der Waals surface area (Å²) >= 11 is 0. The molecular formula is C50H30F6N2O2. The summed E-state index contributed by atoms with van der Waals surface area (Å²) in [5, 5.41) is 1.42. The number of aryl methyl sites for hydroxylation is 2. The normalized spacial score (nSPS) is 12.3. The van der Waals surface area contributed by atoms with Crippen LogP contribution in [-0.2, 0) is 12.4 Å². The number of pyridine rings is 2. The van der Waals surface area contributed by atoms with Gasteiger partial charge in [0.15, 0.2) is 11.2 Å². The molecule has 10 heteroatoms. The molecule has 0 amide bonds. The smallest absolute Gasteiger partial charge is 0.416 e. The van der Waals surface area contributed by atoms with Crippen molar-refractivity contribution in [2.75, 3.05) is 0 Å². The number of fused-ring (bicyclic) bond motifs is 6. The van der Waals surface area contributed by atoms with Crippen molar-refractivity contribution in [2.45, 2.75) is 26.2 Å². The molecule has 0 saturated carbocycles. The lowest BCUT2D eigenvalue weighted by atomic mass is 9.97. The Morgan fingerprint density at radius 3 is 1.18 bits per heavy atom. The Labute approximate surface area is 338 Å². The maximum absolute atomic E-state index is 13.6. The summed E-state index contributed by atoms with van der Waals surface area (Å²) in [7, 11) is 0. The van der Waals surface area contributed by atoms with Gasteiger partial charge in [0.1, 0.15) is 22.2 Å². The van der Waals surface area contributed by atoms with Gasteiger partial charge in [0.05, 0.1) is 11.1 Å². The molecule has 0 bridgehead atoms. The van der Waals surface area contributed by atoms with E-state index >= 15 is 0 Å². The quantitative estimate of drug-likeness (QED) is 0.163. The van der Waals surface area contributed by atoms with E-state index in [0.717, 1.165) is 66.6 Å². The zero-order valence-electron chi connectivity index (χ0n) is 31.8. The van der Waals surface area contributed by atoms with Crippen LogP contribution in [0.2, 0.25) is 0 Å². The maximum Gasteiger partial charge on any atom is 0.416 e. The third kappa shape index (κ3) is 6.54. The molecule has 10 aromatic rings. The largest absolute Gasteiger partial charge is 0.454 e. The van der Waals surface area contributed by atoms with Crippen LogP contribution in [0.1, 0.15) is 22.3 Å². The van der Waals surface area contributed by atoms with Gasteiger partial charge >= 0.3 is 12.4 Å². The van der Waals surface area contributed by atoms with Gasteiger partial charge < -0.3 is 8.83 Å². The molecule has 0 saturated heterocycles. The molecule has 294 valence electrons. The zero-order chi connectivity index (χ0) is 41.5. The highest BCUT2D eigenvalue weighted by molar-refractivity contribution is 6.09. The number of hydrogen-bond acceptors (Lipinski definition) is 4. The van der Waals surface area contributed by atoms with Gasteiger partial charge in [-0.05, 0) is 113 Å². The van der Waals surface area contributed by atoms with E-state index in [0.29, 0.717) is 34.2 Å². The number of hydrogen-bond donors (Lipinski definition) is 0. The third-order valence-electron chi connectivity index (χ3n) is 10.9. The van der Waals surface area contributed by atoms with E-state index in [1.54, 1.807) is 12.3 Å². The predicted octanol–water partition coefficient (Wildman–Crippen LogP) is 15.3. The van der Waals surface area contributed by atoms with Gasteiger partial charge in [-0.3, -0.25) is 9.97 Å². The topological polar surface area (TPSA) is 52.1 Å². The molecule has 0 N–H and O–H groups in total. The average Bonchev–Trinajstić information content (AvgIpc) is 3.80. The minimum absolute atomic E-state index is 0.119. The van der Waals surface area contributed by atoms with Crippen LogP contribution in [0.3, 0.4) is 0 Å². The minimum Gasteiger partial charge on any atom is -0.454 e. The number of furan rings is 2. The molecule has 0 aliphatic heterocycles. The Hall–Kier alpha value is -7.20. The molecule has 0 aliphatic rings. The second-order valence-corrected chi connectivity index (χ2v) is 15.0. The molecule has 0 fully saturated rings. The van der Waals surface area contributed by atoms with E-state index in [4.69, 9.17) is 13.8 Å². The maximum atomic E-state index is 13.6. The summed E-state index contributed by atoms with van der Waals surface area (Å²) in [5.74, 6) is 0. The molecule has 0 spiro atoms. The SMILES string of the molecule is Cc1cc(C)cc(-c2ccc3oc4c(-c5ccc(-c6ccc(-c7ccnc8c7oc7ccc(-c9cc(C(F)(F)F)cc(C(F)(F)F)c9)cc78)cc6)cc5)ccnc4c3c2)c1. The van der Waals surface area contributed by atoms with E-state index < -0.39 is 23.5 Å². The van der Waals surface area contributed by atoms with Crippen molar-refractivity contribution in [2.24, 2.45) is 0 Å². The van der Waals surface area contributed by atoms with E-state index in [1.165, 1.54) is 29.3 Å². The van der Waals surface area contributed by atoms with E-state index in [1.807, 2.05) is 42.6 Å². The van der Waals surface area contributed by atoms with Crippen LogP contribution in [0.4, 0.5) is 26.3 Å². The summed E-state index contributed by atoms with van der Waals surface area (Å²) < 4.78 is 94.3. The lowest BCUT2D eigenvalue weighted by molar-refractivity contribution is -0.143. The van der Waals surface area contributed by atoms with Crippen molar-refractivity contribution in [1.82, 2.24) is 9.97 Å². The van der Waals surface area contributed by atoms with Gasteiger partial charge in [-0.15, -0.1) is 0 Å². The molecule has 6 aromatic carbocycles. The molecule has 0 unspecified atom stereocenters. The van der Waals surface area contributed by atoms with Gasteiger partial charge in [0, 0.05) is 34.3 Å². The van der Waals surface area contributed by atoms with Crippen LogP contribution in [-0.4, -0.2) is 9.97 Å². The molecule has 4 heterocycles. The van der Waals surface area contributed by atoms with Crippen LogP contribution in [0.5, 0.6) is 0 Å². The highest BCUT2D eigenvalue weighted by Gasteiger charge is 2.37. The highest BCUT2D eigenvalue weighted by Crippen LogP contribution is 2.42. The molecule has 10 rings (SSSR count). The number of benzene rings is 6. The standard InChI is InChI=1S/C50H30F6N2O2/c1-27-19-28(2)21-35(20-27)33-11-13-43-41(24-33)45-47(59-43)39(15-17-57-45)31-7-3-29(4-8-31)30-5-9-32(10-6-30)40-16-18-58-46-42-25-34(12-14-44(42)60-48(40)46)36-22-37(49(51,52)53)26-38(23-36)50(54,55)56/h3-26H,1-2H3. The molecule has 4 aromatic heterocycles. The lowest BCUT2D eigenvalue weighted by Gasteiger charge is -2.14. The first-order valence-electron chi connectivity index (χ1n) is 19.0. The van der Waals surface area contributed by atoms with Crippen molar-refractivity contribution in [3.8, 4) is 55.6 Å². The summed E-state index contributed by atoms with van der Waals surface area (Å²) in [6, 6.07) is 38.7. The second kappa shape index (κ2) is 13.7. The highest BCUT2D eigenvalue weighted by atomic mass is 19.4. The van der Waals surface area contributed by atoms with Crippen LogP contribution >= 0.6 is 0 Å². The molecule has 0 aliphatic carbocycles. The molecule has 60 heavy (non-hydrogen) atoms.